The Kier molecular flexibility index (Phi) is 13.8. The van der Waals surface area contributed by atoms with Gasteiger partial charge in [0.15, 0.2) is 6.10 Å². The highest BCUT2D eigenvalue weighted by atomic mass is 16.6. The zero-order valence-electron chi connectivity index (χ0n) is 27.5. The third-order valence-corrected chi connectivity index (χ3v) is 8.76. The Morgan fingerprint density at radius 1 is 1.27 bits per heavy atom. The molecule has 10 nitrogen and oxygen atoms in total. The highest BCUT2D eigenvalue weighted by Gasteiger charge is 2.45. The second-order valence-corrected chi connectivity index (χ2v) is 12.9. The fourth-order valence-corrected chi connectivity index (χ4v) is 5.62. The largest absolute Gasteiger partial charge is 0.457 e. The van der Waals surface area contributed by atoms with Gasteiger partial charge in [0.1, 0.15) is 11.7 Å². The lowest BCUT2D eigenvalue weighted by molar-refractivity contribution is -0.151. The van der Waals surface area contributed by atoms with E-state index in [9.17, 15) is 24.9 Å². The van der Waals surface area contributed by atoms with Gasteiger partial charge in [0.25, 0.3) is 0 Å². The first kappa shape index (κ1) is 36.4. The minimum Gasteiger partial charge on any atom is -0.457 e. The van der Waals surface area contributed by atoms with Gasteiger partial charge in [-0.05, 0) is 74.8 Å². The van der Waals surface area contributed by atoms with Gasteiger partial charge < -0.3 is 34.8 Å². The topological polar surface area (TPSA) is 151 Å². The Morgan fingerprint density at radius 3 is 2.67 bits per heavy atom. The van der Waals surface area contributed by atoms with Crippen LogP contribution in [0.1, 0.15) is 79.2 Å². The molecular weight excluding hydrogens is 576 g/mol. The van der Waals surface area contributed by atoms with Crippen molar-refractivity contribution in [2.45, 2.75) is 122 Å². The second-order valence-electron chi connectivity index (χ2n) is 12.9. The molecule has 10 heteroatoms. The van der Waals surface area contributed by atoms with Crippen molar-refractivity contribution >= 4 is 12.1 Å². The number of aromatic nitrogens is 1. The molecule has 2 aliphatic heterocycles. The van der Waals surface area contributed by atoms with Crippen molar-refractivity contribution in [1.82, 2.24) is 10.3 Å². The van der Waals surface area contributed by atoms with Crippen molar-refractivity contribution in [3.05, 3.63) is 66.0 Å². The minimum absolute atomic E-state index is 0.0905. The quantitative estimate of drug-likeness (QED) is 0.117. The lowest BCUT2D eigenvalue weighted by atomic mass is 9.88. The number of nitrogens with one attached hydrogen (secondary N) is 1. The van der Waals surface area contributed by atoms with Crippen molar-refractivity contribution in [3.8, 4) is 0 Å². The molecular formula is C35H52N2O8. The van der Waals surface area contributed by atoms with Crippen LogP contribution in [0.3, 0.4) is 0 Å². The number of cyclic esters (lactones) is 1. The standard InChI is InChI=1S/C35H52N2O8/c1-7-28(39)25(5)33-29(43-33)19-22(2)9-8-10-23(3)32-24(4)11-12-30(35(6,42)16-13-27(38)20-31(40)45-32)44-34(41)37-21-26-14-17-36-18-15-26/h8-12,14-15,17-18,22,24-25,27-30,32-33,38-39,42H,7,13,16,19-21H2,1-6H3,(H,37,41)/b9-8+,12-11+,23-10+. The van der Waals surface area contributed by atoms with E-state index < -0.39 is 36.0 Å². The molecule has 0 radical (unpaired) electrons. The molecule has 0 bridgehead atoms. The number of aliphatic hydroxyl groups excluding tert-OH is 2. The van der Waals surface area contributed by atoms with Gasteiger partial charge >= 0.3 is 12.1 Å². The number of pyridine rings is 1. The van der Waals surface area contributed by atoms with Gasteiger partial charge in [0, 0.05) is 30.8 Å². The molecule has 0 aliphatic carbocycles. The highest BCUT2D eigenvalue weighted by Crippen LogP contribution is 2.36. The van der Waals surface area contributed by atoms with Gasteiger partial charge in [-0.15, -0.1) is 0 Å². The molecule has 45 heavy (non-hydrogen) atoms. The van der Waals surface area contributed by atoms with Crippen LogP contribution in [0.25, 0.3) is 0 Å². The lowest BCUT2D eigenvalue weighted by Gasteiger charge is -2.32. The summed E-state index contributed by atoms with van der Waals surface area (Å²) in [5.41, 5.74) is 0.154. The van der Waals surface area contributed by atoms with Gasteiger partial charge in [0.2, 0.25) is 0 Å². The summed E-state index contributed by atoms with van der Waals surface area (Å²) in [6.07, 6.45) is 10.7. The lowest BCUT2D eigenvalue weighted by Crippen LogP contribution is -2.44. The van der Waals surface area contributed by atoms with Crippen LogP contribution >= 0.6 is 0 Å². The maximum Gasteiger partial charge on any atom is 0.408 e. The zero-order valence-corrected chi connectivity index (χ0v) is 27.5. The maximum atomic E-state index is 12.8. The van der Waals surface area contributed by atoms with Crippen LogP contribution in [-0.4, -0.2) is 74.6 Å². The van der Waals surface area contributed by atoms with Crippen molar-refractivity contribution in [3.63, 3.8) is 0 Å². The van der Waals surface area contributed by atoms with Crippen molar-refractivity contribution in [2.75, 3.05) is 0 Å². The van der Waals surface area contributed by atoms with Crippen LogP contribution in [0.2, 0.25) is 0 Å². The number of rotatable bonds is 11. The molecule has 10 unspecified atom stereocenters. The number of ether oxygens (including phenoxy) is 3. The summed E-state index contributed by atoms with van der Waals surface area (Å²) in [7, 11) is 0. The van der Waals surface area contributed by atoms with E-state index in [0.29, 0.717) is 6.42 Å². The zero-order chi connectivity index (χ0) is 33.1. The van der Waals surface area contributed by atoms with Crippen LogP contribution in [-0.2, 0) is 25.5 Å². The number of epoxide rings is 1. The molecule has 1 amide bonds. The smallest absolute Gasteiger partial charge is 0.408 e. The molecule has 250 valence electrons. The molecule has 1 aromatic heterocycles. The summed E-state index contributed by atoms with van der Waals surface area (Å²) >= 11 is 0. The number of nitrogens with zero attached hydrogens (tertiary/aromatic N) is 1. The molecule has 10 atom stereocenters. The SMILES string of the molecule is CCC(O)C(C)C1OC1CC(C)/C=C/C=C(\C)C1OC(=O)CC(O)CCC(C)(O)C(OC(=O)NCc2ccncc2)/C=C/C1C. The average Bonchev–Trinajstić information content (AvgIpc) is 3.77. The van der Waals surface area contributed by atoms with E-state index in [0.717, 1.165) is 17.6 Å². The monoisotopic (exact) mass is 628 g/mol. The van der Waals surface area contributed by atoms with E-state index >= 15 is 0 Å². The first-order valence-electron chi connectivity index (χ1n) is 16.1. The average molecular weight is 629 g/mol. The molecule has 3 rings (SSSR count). The summed E-state index contributed by atoms with van der Waals surface area (Å²) in [4.78, 5) is 29.4. The molecule has 0 aromatic carbocycles. The number of hydrogen-bond donors (Lipinski definition) is 4. The number of carbonyl (C=O) groups is 2. The normalized spacial score (nSPS) is 32.4. The van der Waals surface area contributed by atoms with Crippen molar-refractivity contribution < 1.29 is 39.1 Å². The fraction of sp³-hybridized carbons (Fsp3) is 0.629. The number of aliphatic hydroxyl groups is 3. The molecule has 2 aliphatic rings. The molecule has 4 N–H and O–H groups in total. The first-order chi connectivity index (χ1) is 21.3. The summed E-state index contributed by atoms with van der Waals surface area (Å²) < 4.78 is 17.3. The number of esters is 1. The van der Waals surface area contributed by atoms with E-state index in [-0.39, 0.29) is 61.9 Å². The fourth-order valence-electron chi connectivity index (χ4n) is 5.62. The number of allylic oxidation sites excluding steroid dienone is 3. The Bertz CT molecular complexity index is 1180. The molecule has 1 saturated heterocycles. The predicted octanol–water partition coefficient (Wildman–Crippen LogP) is 4.78. The van der Waals surface area contributed by atoms with Crippen molar-refractivity contribution in [1.29, 1.82) is 0 Å². The van der Waals surface area contributed by atoms with E-state index in [1.54, 1.807) is 43.6 Å². The van der Waals surface area contributed by atoms with Gasteiger partial charge in [-0.25, -0.2) is 4.79 Å². The van der Waals surface area contributed by atoms with Crippen LogP contribution in [0.4, 0.5) is 4.79 Å². The Balaban J connectivity index is 1.69. The summed E-state index contributed by atoms with van der Waals surface area (Å²) in [5, 5.41) is 34.6. The molecule has 0 spiro atoms. The summed E-state index contributed by atoms with van der Waals surface area (Å²) in [6, 6.07) is 3.56. The van der Waals surface area contributed by atoms with Crippen LogP contribution < -0.4 is 5.32 Å². The van der Waals surface area contributed by atoms with Crippen LogP contribution in [0.15, 0.2) is 60.5 Å². The Labute approximate surface area is 267 Å². The van der Waals surface area contributed by atoms with E-state index in [1.165, 1.54) is 0 Å². The number of amides is 1. The minimum atomic E-state index is -1.50. The Hall–Kier alpha value is -3.05. The number of hydrogen-bond acceptors (Lipinski definition) is 9. The van der Waals surface area contributed by atoms with Gasteiger partial charge in [-0.2, -0.15) is 0 Å². The van der Waals surface area contributed by atoms with E-state index in [2.05, 4.69) is 23.3 Å². The summed E-state index contributed by atoms with van der Waals surface area (Å²) in [6.45, 7) is 11.7. The van der Waals surface area contributed by atoms with Gasteiger partial charge in [-0.3, -0.25) is 9.78 Å². The second kappa shape index (κ2) is 17.0. The molecule has 3 heterocycles. The maximum absolute atomic E-state index is 12.8. The molecule has 1 fully saturated rings. The number of carbonyl (C=O) groups excluding carboxylic acids is 2. The predicted molar refractivity (Wildman–Crippen MR) is 171 cm³/mol. The van der Waals surface area contributed by atoms with Crippen LogP contribution in [0, 0.1) is 17.8 Å². The van der Waals surface area contributed by atoms with E-state index in [4.69, 9.17) is 14.2 Å². The van der Waals surface area contributed by atoms with E-state index in [1.807, 2.05) is 39.8 Å². The Morgan fingerprint density at radius 2 is 1.98 bits per heavy atom. The molecule has 0 saturated carbocycles. The number of alkyl carbamates (subject to hydrolysis) is 1. The highest BCUT2D eigenvalue weighted by molar-refractivity contribution is 5.70. The van der Waals surface area contributed by atoms with Crippen LogP contribution in [0.5, 0.6) is 0 Å². The first-order valence-corrected chi connectivity index (χ1v) is 16.1. The summed E-state index contributed by atoms with van der Waals surface area (Å²) in [5.74, 6) is -0.508. The molecule has 1 aromatic rings. The van der Waals surface area contributed by atoms with Gasteiger partial charge in [0.05, 0.1) is 30.8 Å². The van der Waals surface area contributed by atoms with Crippen molar-refractivity contribution in [2.24, 2.45) is 17.8 Å². The van der Waals surface area contributed by atoms with Gasteiger partial charge in [-0.1, -0.05) is 52.0 Å². The third-order valence-electron chi connectivity index (χ3n) is 8.76. The third kappa shape index (κ3) is 11.7.